The van der Waals surface area contributed by atoms with Crippen molar-refractivity contribution >= 4 is 0 Å². The van der Waals surface area contributed by atoms with Crippen LogP contribution in [0.25, 0.3) is 0 Å². The maximum absolute atomic E-state index is 4.09. The van der Waals surface area contributed by atoms with E-state index in [0.717, 1.165) is 5.57 Å². The smallest absolute Gasteiger partial charge is 0.110 e. The second-order valence-electron chi connectivity index (χ2n) is 6.26. The van der Waals surface area contributed by atoms with Crippen LogP contribution in [-0.2, 0) is 0 Å². The molecule has 0 aliphatic carbocycles. The minimum absolute atomic E-state index is 0.145. The topological polar surface area (TPSA) is 6.48 Å². The quantitative estimate of drug-likeness (QED) is 0.631. The van der Waals surface area contributed by atoms with E-state index >= 15 is 0 Å². The number of fused-ring (bicyclic) bond motifs is 1. The summed E-state index contributed by atoms with van der Waals surface area (Å²) in [7, 11) is 0. The monoisotopic (exact) mass is 232 g/mol. The van der Waals surface area contributed by atoms with Crippen molar-refractivity contribution in [1.29, 1.82) is 0 Å². The van der Waals surface area contributed by atoms with E-state index in [1.54, 1.807) is 0 Å². The first-order valence-corrected chi connectivity index (χ1v) is 6.41. The van der Waals surface area contributed by atoms with Gasteiger partial charge >= 0.3 is 0 Å². The Balaban J connectivity index is 2.49. The highest BCUT2D eigenvalue weighted by Gasteiger charge is 2.43. The zero-order chi connectivity index (χ0) is 13.0. The predicted molar refractivity (Wildman–Crippen MR) is 73.3 cm³/mol. The molecule has 2 atom stereocenters. The van der Waals surface area contributed by atoms with Crippen molar-refractivity contribution in [3.63, 3.8) is 0 Å². The van der Waals surface area contributed by atoms with Crippen LogP contribution in [0.5, 0.6) is 0 Å². The normalized spacial score (nSPS) is 29.2. The fourth-order valence-corrected chi connectivity index (χ4v) is 3.11. The Morgan fingerprint density at radius 3 is 2.24 bits per heavy atom. The molecule has 2 aliphatic rings. The summed E-state index contributed by atoms with van der Waals surface area (Å²) in [6.45, 7) is 17.7. The van der Waals surface area contributed by atoms with Gasteiger partial charge in [0, 0.05) is 17.3 Å². The summed E-state index contributed by atoms with van der Waals surface area (Å²) in [5.41, 5.74) is 2.55. The summed E-state index contributed by atoms with van der Waals surface area (Å²) in [5.74, 6) is 1.31. The standard InChI is InChI=1S/C15H24N2/c1-10-8-11(2)16-12(3)13(4)17(14(16)9-10)15(5,6)7/h8-9,12-13H,1H2,2-7H3. The molecule has 2 unspecified atom stereocenters. The number of allylic oxidation sites excluding steroid dienone is 4. The maximum Gasteiger partial charge on any atom is 0.110 e. The molecule has 0 aromatic rings. The molecule has 2 aliphatic heterocycles. The fourth-order valence-electron chi connectivity index (χ4n) is 3.11. The van der Waals surface area contributed by atoms with Crippen molar-refractivity contribution in [3.05, 3.63) is 35.8 Å². The molecular formula is C15H24N2. The van der Waals surface area contributed by atoms with Gasteiger partial charge in [0.15, 0.2) is 0 Å². The minimum Gasteiger partial charge on any atom is -0.348 e. The SMILES string of the molecule is C=C1C=C(C)N2C(=C1)N(C(C)(C)C)C(C)C2C. The first-order valence-electron chi connectivity index (χ1n) is 6.41. The van der Waals surface area contributed by atoms with E-state index in [9.17, 15) is 0 Å². The Kier molecular flexibility index (Phi) is 2.64. The molecule has 0 N–H and O–H groups in total. The van der Waals surface area contributed by atoms with E-state index < -0.39 is 0 Å². The van der Waals surface area contributed by atoms with Gasteiger partial charge < -0.3 is 9.80 Å². The van der Waals surface area contributed by atoms with E-state index in [-0.39, 0.29) is 5.54 Å². The van der Waals surface area contributed by atoms with Gasteiger partial charge in [-0.25, -0.2) is 0 Å². The Morgan fingerprint density at radius 2 is 1.71 bits per heavy atom. The molecule has 0 bridgehead atoms. The molecule has 2 nitrogen and oxygen atoms in total. The lowest BCUT2D eigenvalue weighted by molar-refractivity contribution is 0.158. The molecule has 17 heavy (non-hydrogen) atoms. The van der Waals surface area contributed by atoms with Gasteiger partial charge in [-0.15, -0.1) is 0 Å². The summed E-state index contributed by atoms with van der Waals surface area (Å²) in [6.07, 6.45) is 4.37. The van der Waals surface area contributed by atoms with Gasteiger partial charge in [0.05, 0.1) is 6.04 Å². The highest BCUT2D eigenvalue weighted by Crippen LogP contribution is 2.40. The van der Waals surface area contributed by atoms with Crippen molar-refractivity contribution in [2.75, 3.05) is 0 Å². The Bertz CT molecular complexity index is 409. The minimum atomic E-state index is 0.145. The van der Waals surface area contributed by atoms with Crippen LogP contribution in [0, 0.1) is 0 Å². The highest BCUT2D eigenvalue weighted by atomic mass is 15.5. The van der Waals surface area contributed by atoms with Gasteiger partial charge in [0.25, 0.3) is 0 Å². The molecule has 0 aromatic carbocycles. The van der Waals surface area contributed by atoms with Gasteiger partial charge in [-0.1, -0.05) is 6.58 Å². The third-order valence-electron chi connectivity index (χ3n) is 3.82. The van der Waals surface area contributed by atoms with Crippen LogP contribution in [0.2, 0.25) is 0 Å². The van der Waals surface area contributed by atoms with Crippen LogP contribution >= 0.6 is 0 Å². The summed E-state index contributed by atoms with van der Waals surface area (Å²) in [4.78, 5) is 4.95. The third-order valence-corrected chi connectivity index (χ3v) is 3.82. The van der Waals surface area contributed by atoms with Gasteiger partial charge in [-0.2, -0.15) is 0 Å². The van der Waals surface area contributed by atoms with E-state index in [4.69, 9.17) is 0 Å². The van der Waals surface area contributed by atoms with Crippen LogP contribution in [0.1, 0.15) is 41.5 Å². The molecule has 0 spiro atoms. The first kappa shape index (κ1) is 12.3. The third kappa shape index (κ3) is 1.80. The van der Waals surface area contributed by atoms with E-state index in [1.165, 1.54) is 11.5 Å². The van der Waals surface area contributed by atoms with E-state index in [1.807, 2.05) is 0 Å². The van der Waals surface area contributed by atoms with Crippen LogP contribution in [0.3, 0.4) is 0 Å². The Labute approximate surface area is 105 Å². The lowest BCUT2D eigenvalue weighted by Gasteiger charge is -2.39. The van der Waals surface area contributed by atoms with Gasteiger partial charge in [0.2, 0.25) is 0 Å². The van der Waals surface area contributed by atoms with Crippen molar-refractivity contribution < 1.29 is 0 Å². The number of hydrogen-bond acceptors (Lipinski definition) is 2. The van der Waals surface area contributed by atoms with Crippen LogP contribution < -0.4 is 0 Å². The molecule has 0 radical (unpaired) electrons. The Morgan fingerprint density at radius 1 is 1.12 bits per heavy atom. The van der Waals surface area contributed by atoms with Gasteiger partial charge in [-0.05, 0) is 59.3 Å². The largest absolute Gasteiger partial charge is 0.348 e. The molecule has 94 valence electrons. The van der Waals surface area contributed by atoms with Crippen molar-refractivity contribution in [3.8, 4) is 0 Å². The summed E-state index contributed by atoms with van der Waals surface area (Å²) < 4.78 is 0. The fraction of sp³-hybridized carbons (Fsp3) is 0.600. The molecule has 2 heterocycles. The molecule has 1 saturated heterocycles. The average molecular weight is 232 g/mol. The van der Waals surface area contributed by atoms with Crippen LogP contribution in [0.4, 0.5) is 0 Å². The Hall–Kier alpha value is -1.18. The second kappa shape index (κ2) is 3.66. The van der Waals surface area contributed by atoms with Crippen molar-refractivity contribution in [2.24, 2.45) is 0 Å². The van der Waals surface area contributed by atoms with E-state index in [0.29, 0.717) is 12.1 Å². The summed E-state index contributed by atoms with van der Waals surface area (Å²) in [5, 5.41) is 0. The number of rotatable bonds is 0. The predicted octanol–water partition coefficient (Wildman–Crippen LogP) is 3.49. The maximum atomic E-state index is 4.09. The molecule has 0 aromatic heterocycles. The summed E-state index contributed by atoms with van der Waals surface area (Å²) in [6, 6.07) is 1.04. The zero-order valence-corrected chi connectivity index (χ0v) is 11.9. The molecule has 1 fully saturated rings. The molecule has 0 saturated carbocycles. The lowest BCUT2D eigenvalue weighted by Crippen LogP contribution is -2.44. The van der Waals surface area contributed by atoms with Crippen molar-refractivity contribution in [2.45, 2.75) is 59.2 Å². The highest BCUT2D eigenvalue weighted by molar-refractivity contribution is 5.40. The number of hydrogen-bond donors (Lipinski definition) is 0. The van der Waals surface area contributed by atoms with Gasteiger partial charge in [-0.3, -0.25) is 0 Å². The molecule has 0 amide bonds. The van der Waals surface area contributed by atoms with Gasteiger partial charge in [0.1, 0.15) is 5.82 Å². The lowest BCUT2D eigenvalue weighted by atomic mass is 10.0. The number of nitrogens with zero attached hydrogens (tertiary/aromatic N) is 2. The van der Waals surface area contributed by atoms with Crippen molar-refractivity contribution in [1.82, 2.24) is 9.80 Å². The van der Waals surface area contributed by atoms with Crippen LogP contribution in [0.15, 0.2) is 35.8 Å². The van der Waals surface area contributed by atoms with E-state index in [2.05, 4.69) is 70.1 Å². The first-order chi connectivity index (χ1) is 7.73. The zero-order valence-electron chi connectivity index (χ0n) is 11.9. The molecule has 2 rings (SSSR count). The van der Waals surface area contributed by atoms with Crippen LogP contribution in [-0.4, -0.2) is 27.4 Å². The average Bonchev–Trinajstić information content (AvgIpc) is 2.37. The summed E-state index contributed by atoms with van der Waals surface area (Å²) >= 11 is 0. The second-order valence-corrected chi connectivity index (χ2v) is 6.26. The molecule has 2 heteroatoms. The molecular weight excluding hydrogens is 208 g/mol.